The maximum atomic E-state index is 11.6. The van der Waals surface area contributed by atoms with Gasteiger partial charge in [0.1, 0.15) is 11.0 Å². The van der Waals surface area contributed by atoms with Gasteiger partial charge in [0.2, 0.25) is 0 Å². The third-order valence-electron chi connectivity index (χ3n) is 2.63. The molecule has 1 aliphatic rings. The Morgan fingerprint density at radius 1 is 1.59 bits per heavy atom. The molecule has 1 atom stereocenters. The molecule has 0 radical (unpaired) electrons. The SMILES string of the molecule is Cc1ccccc1C(=S)NC(=O)N1CC1C#N. The molecular formula is C12H11N3OS. The van der Waals surface area contributed by atoms with Crippen molar-refractivity contribution in [3.8, 4) is 6.07 Å². The number of urea groups is 1. The lowest BCUT2D eigenvalue weighted by Gasteiger charge is -2.09. The molecule has 1 N–H and O–H groups in total. The highest BCUT2D eigenvalue weighted by Gasteiger charge is 2.38. The van der Waals surface area contributed by atoms with Crippen molar-refractivity contribution in [3.05, 3.63) is 35.4 Å². The van der Waals surface area contributed by atoms with Gasteiger partial charge in [0, 0.05) is 5.56 Å². The van der Waals surface area contributed by atoms with Crippen LogP contribution in [0.25, 0.3) is 0 Å². The quantitative estimate of drug-likeness (QED) is 0.604. The summed E-state index contributed by atoms with van der Waals surface area (Å²) in [5.74, 6) is 0. The fraction of sp³-hybridized carbons (Fsp3) is 0.250. The van der Waals surface area contributed by atoms with E-state index in [-0.39, 0.29) is 12.1 Å². The standard InChI is InChI=1S/C12H11N3OS/c1-8-4-2-3-5-10(8)11(17)14-12(16)15-7-9(15)6-13/h2-5,9H,7H2,1H3,(H,14,16,17). The van der Waals surface area contributed by atoms with Gasteiger partial charge in [-0.2, -0.15) is 5.26 Å². The Morgan fingerprint density at radius 3 is 2.88 bits per heavy atom. The van der Waals surface area contributed by atoms with E-state index in [9.17, 15) is 4.79 Å². The van der Waals surface area contributed by atoms with Crippen molar-refractivity contribution in [2.45, 2.75) is 13.0 Å². The molecule has 1 aromatic rings. The smallest absolute Gasteiger partial charge is 0.303 e. The molecule has 1 saturated heterocycles. The van der Waals surface area contributed by atoms with Crippen LogP contribution < -0.4 is 5.32 Å². The molecule has 1 aromatic carbocycles. The van der Waals surface area contributed by atoms with E-state index in [2.05, 4.69) is 5.32 Å². The van der Waals surface area contributed by atoms with Gasteiger partial charge in [-0.25, -0.2) is 4.79 Å². The molecule has 86 valence electrons. The number of nitriles is 1. The molecule has 0 aliphatic carbocycles. The van der Waals surface area contributed by atoms with Crippen molar-refractivity contribution in [2.24, 2.45) is 0 Å². The highest BCUT2D eigenvalue weighted by Crippen LogP contribution is 2.16. The summed E-state index contributed by atoms with van der Waals surface area (Å²) in [6.45, 7) is 2.42. The van der Waals surface area contributed by atoms with Crippen molar-refractivity contribution in [1.29, 1.82) is 5.26 Å². The minimum Gasteiger partial charge on any atom is -0.303 e. The summed E-state index contributed by atoms with van der Waals surface area (Å²) in [7, 11) is 0. The topological polar surface area (TPSA) is 55.9 Å². The number of benzene rings is 1. The fourth-order valence-corrected chi connectivity index (χ4v) is 1.85. The number of nitrogens with one attached hydrogen (secondary N) is 1. The summed E-state index contributed by atoms with van der Waals surface area (Å²) in [4.78, 5) is 13.5. The number of carbonyl (C=O) groups is 1. The second-order valence-electron chi connectivity index (χ2n) is 3.87. The largest absolute Gasteiger partial charge is 0.323 e. The third-order valence-corrected chi connectivity index (χ3v) is 2.95. The molecule has 1 fully saturated rings. The van der Waals surface area contributed by atoms with Crippen LogP contribution in [-0.4, -0.2) is 28.5 Å². The Kier molecular flexibility index (Phi) is 3.07. The molecule has 2 amide bonds. The van der Waals surface area contributed by atoms with E-state index in [0.29, 0.717) is 11.5 Å². The molecule has 4 nitrogen and oxygen atoms in total. The van der Waals surface area contributed by atoms with Gasteiger partial charge in [-0.15, -0.1) is 0 Å². The molecule has 1 unspecified atom stereocenters. The normalized spacial score (nSPS) is 17.2. The lowest BCUT2D eigenvalue weighted by Crippen LogP contribution is -2.34. The Labute approximate surface area is 105 Å². The summed E-state index contributed by atoms with van der Waals surface area (Å²) >= 11 is 5.16. The van der Waals surface area contributed by atoms with E-state index in [0.717, 1.165) is 11.1 Å². The highest BCUT2D eigenvalue weighted by molar-refractivity contribution is 7.80. The molecule has 1 aliphatic heterocycles. The van der Waals surface area contributed by atoms with E-state index in [1.165, 1.54) is 4.90 Å². The molecule has 5 heteroatoms. The second-order valence-corrected chi connectivity index (χ2v) is 4.28. The Bertz CT molecular complexity index is 521. The molecular weight excluding hydrogens is 234 g/mol. The van der Waals surface area contributed by atoms with Crippen LogP contribution in [-0.2, 0) is 0 Å². The van der Waals surface area contributed by atoms with E-state index in [1.54, 1.807) is 0 Å². The van der Waals surface area contributed by atoms with E-state index in [4.69, 9.17) is 17.5 Å². The number of rotatable bonds is 1. The molecule has 0 aromatic heterocycles. The van der Waals surface area contributed by atoms with Gasteiger partial charge in [-0.3, -0.25) is 5.32 Å². The number of amides is 2. The first-order valence-corrected chi connectivity index (χ1v) is 5.61. The molecule has 0 bridgehead atoms. The van der Waals surface area contributed by atoms with Crippen LogP contribution in [0.3, 0.4) is 0 Å². The van der Waals surface area contributed by atoms with Gasteiger partial charge in [-0.1, -0.05) is 36.5 Å². The predicted molar refractivity (Wildman–Crippen MR) is 67.5 cm³/mol. The number of nitrogens with zero attached hydrogens (tertiary/aromatic N) is 2. The minimum absolute atomic E-state index is 0.297. The maximum absolute atomic E-state index is 11.6. The second kappa shape index (κ2) is 4.52. The number of thiocarbonyl (C=S) groups is 1. The number of hydrogen-bond acceptors (Lipinski definition) is 3. The van der Waals surface area contributed by atoms with E-state index >= 15 is 0 Å². The number of aryl methyl sites for hydroxylation is 1. The summed E-state index contributed by atoms with van der Waals surface area (Å²) in [5.41, 5.74) is 1.85. The lowest BCUT2D eigenvalue weighted by molar-refractivity contribution is 0.233. The zero-order valence-corrected chi connectivity index (χ0v) is 10.1. The maximum Gasteiger partial charge on any atom is 0.323 e. The summed E-state index contributed by atoms with van der Waals surface area (Å²) < 4.78 is 0. The molecule has 1 heterocycles. The zero-order chi connectivity index (χ0) is 12.4. The van der Waals surface area contributed by atoms with Gasteiger partial charge >= 0.3 is 6.03 Å². The average molecular weight is 245 g/mol. The van der Waals surface area contributed by atoms with Gasteiger partial charge in [0.15, 0.2) is 0 Å². The van der Waals surface area contributed by atoms with Crippen LogP contribution in [0.5, 0.6) is 0 Å². The molecule has 2 rings (SSSR count). The summed E-state index contributed by atoms with van der Waals surface area (Å²) in [5, 5.41) is 11.2. The van der Waals surface area contributed by atoms with Crippen molar-refractivity contribution < 1.29 is 4.79 Å². The first-order chi connectivity index (χ1) is 8.13. The van der Waals surface area contributed by atoms with Crippen LogP contribution in [0, 0.1) is 18.3 Å². The van der Waals surface area contributed by atoms with Crippen molar-refractivity contribution in [1.82, 2.24) is 10.2 Å². The Hall–Kier alpha value is -1.93. The highest BCUT2D eigenvalue weighted by atomic mass is 32.1. The third kappa shape index (κ3) is 2.43. The minimum atomic E-state index is -0.301. The summed E-state index contributed by atoms with van der Waals surface area (Å²) in [6.07, 6.45) is 0. The Morgan fingerprint density at radius 2 is 2.29 bits per heavy atom. The van der Waals surface area contributed by atoms with Crippen LogP contribution in [0.4, 0.5) is 4.79 Å². The van der Waals surface area contributed by atoms with Crippen LogP contribution in [0.15, 0.2) is 24.3 Å². The number of hydrogen-bond donors (Lipinski definition) is 1. The first kappa shape index (κ1) is 11.6. The summed E-state index contributed by atoms with van der Waals surface area (Å²) in [6, 6.07) is 9.00. The first-order valence-electron chi connectivity index (χ1n) is 5.20. The van der Waals surface area contributed by atoms with Crippen LogP contribution >= 0.6 is 12.2 Å². The fourth-order valence-electron chi connectivity index (χ4n) is 1.54. The lowest BCUT2D eigenvalue weighted by atomic mass is 10.1. The van der Waals surface area contributed by atoms with E-state index < -0.39 is 0 Å². The van der Waals surface area contributed by atoms with Crippen molar-refractivity contribution in [2.75, 3.05) is 6.54 Å². The Balaban J connectivity index is 2.01. The predicted octanol–water partition coefficient (Wildman–Crippen LogP) is 1.59. The van der Waals surface area contributed by atoms with Gasteiger partial charge in [0.05, 0.1) is 12.6 Å². The van der Waals surface area contributed by atoms with E-state index in [1.807, 2.05) is 37.3 Å². The average Bonchev–Trinajstić information content (AvgIpc) is 3.08. The van der Waals surface area contributed by atoms with Crippen molar-refractivity contribution in [3.63, 3.8) is 0 Å². The van der Waals surface area contributed by atoms with Gasteiger partial charge in [0.25, 0.3) is 0 Å². The molecule has 17 heavy (non-hydrogen) atoms. The van der Waals surface area contributed by atoms with Crippen LogP contribution in [0.2, 0.25) is 0 Å². The van der Waals surface area contributed by atoms with Crippen LogP contribution in [0.1, 0.15) is 11.1 Å². The van der Waals surface area contributed by atoms with Gasteiger partial charge in [-0.05, 0) is 12.5 Å². The molecule has 0 spiro atoms. The van der Waals surface area contributed by atoms with Crippen molar-refractivity contribution >= 4 is 23.2 Å². The van der Waals surface area contributed by atoms with Gasteiger partial charge < -0.3 is 4.90 Å². The zero-order valence-electron chi connectivity index (χ0n) is 9.30. The molecule has 0 saturated carbocycles. The monoisotopic (exact) mass is 245 g/mol. The number of carbonyl (C=O) groups excluding carboxylic acids is 1.